The first kappa shape index (κ1) is 10.3. The lowest BCUT2D eigenvalue weighted by Gasteiger charge is -2.07. The molecule has 0 atom stereocenters. The summed E-state index contributed by atoms with van der Waals surface area (Å²) in [7, 11) is 0. The van der Waals surface area contributed by atoms with Gasteiger partial charge in [-0.2, -0.15) is 18.4 Å². The van der Waals surface area contributed by atoms with E-state index in [2.05, 4.69) is 4.98 Å². The number of anilines is 1. The second-order valence-corrected chi connectivity index (χ2v) is 2.59. The fraction of sp³-hybridized carbons (Fsp3) is 0.250. The molecule has 0 amide bonds. The Kier molecular flexibility index (Phi) is 2.60. The molecule has 0 aliphatic heterocycles. The van der Waals surface area contributed by atoms with Gasteiger partial charge in [-0.05, 0) is 6.07 Å². The summed E-state index contributed by atoms with van der Waals surface area (Å²) < 4.78 is 36.4. The third kappa shape index (κ3) is 2.13. The number of nitriles is 1. The summed E-state index contributed by atoms with van der Waals surface area (Å²) in [4.78, 5) is 3.47. The predicted molar refractivity (Wildman–Crippen MR) is 43.0 cm³/mol. The van der Waals surface area contributed by atoms with Gasteiger partial charge in [0.25, 0.3) is 0 Å². The Hall–Kier alpha value is -1.77. The Labute approximate surface area is 78.0 Å². The standard InChI is InChI=1S/C8H6F3N3/c9-8(10,11)5-3-6(13)7(1-2-12)14-4-5/h3-4H,1,13H2. The quantitative estimate of drug-likeness (QED) is 0.752. The minimum Gasteiger partial charge on any atom is -0.397 e. The zero-order chi connectivity index (χ0) is 10.8. The summed E-state index contributed by atoms with van der Waals surface area (Å²) in [5, 5.41) is 8.31. The molecule has 0 aliphatic carbocycles. The van der Waals surface area contributed by atoms with Crippen LogP contribution in [0.1, 0.15) is 11.3 Å². The largest absolute Gasteiger partial charge is 0.417 e. The molecule has 0 bridgehead atoms. The fourth-order valence-electron chi connectivity index (χ4n) is 0.888. The third-order valence-corrected chi connectivity index (χ3v) is 1.58. The van der Waals surface area contributed by atoms with E-state index < -0.39 is 11.7 Å². The molecule has 6 heteroatoms. The molecule has 0 fully saturated rings. The minimum atomic E-state index is -4.45. The van der Waals surface area contributed by atoms with Crippen LogP contribution >= 0.6 is 0 Å². The summed E-state index contributed by atoms with van der Waals surface area (Å²) in [5.74, 6) is 0. The summed E-state index contributed by atoms with van der Waals surface area (Å²) >= 11 is 0. The number of nitrogens with zero attached hydrogens (tertiary/aromatic N) is 2. The molecular formula is C8H6F3N3. The normalized spacial score (nSPS) is 11.0. The predicted octanol–water partition coefficient (Wildman–Crippen LogP) is 1.75. The molecule has 1 aromatic heterocycles. The molecular weight excluding hydrogens is 195 g/mol. The number of hydrogen-bond donors (Lipinski definition) is 1. The molecule has 3 nitrogen and oxygen atoms in total. The van der Waals surface area contributed by atoms with Crippen molar-refractivity contribution in [1.29, 1.82) is 5.26 Å². The minimum absolute atomic E-state index is 0.0933. The number of rotatable bonds is 1. The van der Waals surface area contributed by atoms with Crippen LogP contribution in [0.4, 0.5) is 18.9 Å². The Bertz CT molecular complexity index is 378. The Morgan fingerprint density at radius 1 is 1.50 bits per heavy atom. The van der Waals surface area contributed by atoms with Crippen LogP contribution in [-0.4, -0.2) is 4.98 Å². The molecule has 0 unspecified atom stereocenters. The van der Waals surface area contributed by atoms with Crippen molar-refractivity contribution in [2.75, 3.05) is 5.73 Å². The zero-order valence-corrected chi connectivity index (χ0v) is 6.97. The van der Waals surface area contributed by atoms with Crippen molar-refractivity contribution in [2.24, 2.45) is 0 Å². The van der Waals surface area contributed by atoms with Crippen LogP contribution < -0.4 is 5.73 Å². The third-order valence-electron chi connectivity index (χ3n) is 1.58. The van der Waals surface area contributed by atoms with Crippen LogP contribution in [0.5, 0.6) is 0 Å². The van der Waals surface area contributed by atoms with Crippen molar-refractivity contribution < 1.29 is 13.2 Å². The SMILES string of the molecule is N#CCc1ncc(C(F)(F)F)cc1N. The van der Waals surface area contributed by atoms with E-state index in [9.17, 15) is 13.2 Å². The van der Waals surface area contributed by atoms with Crippen molar-refractivity contribution in [2.45, 2.75) is 12.6 Å². The van der Waals surface area contributed by atoms with Gasteiger partial charge in [0, 0.05) is 6.20 Å². The van der Waals surface area contributed by atoms with Crippen molar-refractivity contribution in [3.05, 3.63) is 23.5 Å². The lowest BCUT2D eigenvalue weighted by atomic mass is 10.2. The van der Waals surface area contributed by atoms with Gasteiger partial charge in [-0.3, -0.25) is 4.98 Å². The molecule has 74 valence electrons. The second-order valence-electron chi connectivity index (χ2n) is 2.59. The van der Waals surface area contributed by atoms with Gasteiger partial charge in [-0.15, -0.1) is 0 Å². The monoisotopic (exact) mass is 201 g/mol. The zero-order valence-electron chi connectivity index (χ0n) is 6.97. The summed E-state index contributed by atoms with van der Waals surface area (Å²) in [6.07, 6.45) is -3.88. The Balaban J connectivity index is 3.08. The van der Waals surface area contributed by atoms with Gasteiger partial charge in [-0.1, -0.05) is 0 Å². The first-order valence-electron chi connectivity index (χ1n) is 3.63. The molecule has 1 aromatic rings. The maximum Gasteiger partial charge on any atom is 0.417 e. The lowest BCUT2D eigenvalue weighted by Crippen LogP contribution is -2.08. The van der Waals surface area contributed by atoms with Crippen LogP contribution in [0.3, 0.4) is 0 Å². The average Bonchev–Trinajstić information content (AvgIpc) is 2.07. The van der Waals surface area contributed by atoms with E-state index >= 15 is 0 Å². The van der Waals surface area contributed by atoms with Crippen LogP contribution in [-0.2, 0) is 12.6 Å². The van der Waals surface area contributed by atoms with Gasteiger partial charge in [0.15, 0.2) is 0 Å². The van der Waals surface area contributed by atoms with Crippen LogP contribution in [0.15, 0.2) is 12.3 Å². The number of hydrogen-bond acceptors (Lipinski definition) is 3. The highest BCUT2D eigenvalue weighted by Crippen LogP contribution is 2.30. The van der Waals surface area contributed by atoms with E-state index in [0.717, 1.165) is 6.07 Å². The highest BCUT2D eigenvalue weighted by Gasteiger charge is 2.31. The molecule has 2 N–H and O–H groups in total. The number of halogens is 3. The number of alkyl halides is 3. The van der Waals surface area contributed by atoms with E-state index in [1.165, 1.54) is 0 Å². The second kappa shape index (κ2) is 3.54. The number of nitrogen functional groups attached to an aromatic ring is 1. The van der Waals surface area contributed by atoms with E-state index in [1.807, 2.05) is 0 Å². The van der Waals surface area contributed by atoms with Crippen molar-refractivity contribution in [3.63, 3.8) is 0 Å². The molecule has 1 rings (SSSR count). The van der Waals surface area contributed by atoms with E-state index in [0.29, 0.717) is 6.20 Å². The molecule has 0 saturated carbocycles. The number of nitrogens with two attached hydrogens (primary N) is 1. The topological polar surface area (TPSA) is 62.7 Å². The van der Waals surface area contributed by atoms with Crippen LogP contribution in [0.25, 0.3) is 0 Å². The van der Waals surface area contributed by atoms with Crippen LogP contribution in [0, 0.1) is 11.3 Å². The van der Waals surface area contributed by atoms with Crippen LogP contribution in [0.2, 0.25) is 0 Å². The lowest BCUT2D eigenvalue weighted by molar-refractivity contribution is -0.137. The summed E-state index contributed by atoms with van der Waals surface area (Å²) in [6.45, 7) is 0. The van der Waals surface area contributed by atoms with E-state index in [4.69, 9.17) is 11.0 Å². The van der Waals surface area contributed by atoms with Crippen molar-refractivity contribution in [1.82, 2.24) is 4.98 Å². The average molecular weight is 201 g/mol. The highest BCUT2D eigenvalue weighted by atomic mass is 19.4. The molecule has 1 heterocycles. The van der Waals surface area contributed by atoms with Gasteiger partial charge in [0.2, 0.25) is 0 Å². The van der Waals surface area contributed by atoms with Gasteiger partial charge in [-0.25, -0.2) is 0 Å². The maximum absolute atomic E-state index is 12.1. The van der Waals surface area contributed by atoms with Gasteiger partial charge >= 0.3 is 6.18 Å². The molecule has 0 saturated heterocycles. The smallest absolute Gasteiger partial charge is 0.397 e. The highest BCUT2D eigenvalue weighted by molar-refractivity contribution is 5.46. The van der Waals surface area contributed by atoms with Crippen molar-refractivity contribution >= 4 is 5.69 Å². The first-order valence-corrected chi connectivity index (χ1v) is 3.63. The Morgan fingerprint density at radius 2 is 2.14 bits per heavy atom. The molecule has 14 heavy (non-hydrogen) atoms. The summed E-state index contributed by atoms with van der Waals surface area (Å²) in [5.41, 5.74) is 4.44. The van der Waals surface area contributed by atoms with Gasteiger partial charge < -0.3 is 5.73 Å². The molecule has 0 aliphatic rings. The molecule has 0 spiro atoms. The number of aromatic nitrogens is 1. The van der Waals surface area contributed by atoms with E-state index in [1.54, 1.807) is 6.07 Å². The summed E-state index contributed by atoms with van der Waals surface area (Å²) in [6, 6.07) is 2.54. The molecule has 0 radical (unpaired) electrons. The van der Waals surface area contributed by atoms with Gasteiger partial charge in [0.1, 0.15) is 0 Å². The molecule has 0 aromatic carbocycles. The maximum atomic E-state index is 12.1. The number of pyridine rings is 1. The van der Waals surface area contributed by atoms with E-state index in [-0.39, 0.29) is 17.8 Å². The van der Waals surface area contributed by atoms with Gasteiger partial charge in [0.05, 0.1) is 29.4 Å². The fourth-order valence-corrected chi connectivity index (χ4v) is 0.888. The first-order chi connectivity index (χ1) is 6.45. The van der Waals surface area contributed by atoms with Crippen molar-refractivity contribution in [3.8, 4) is 6.07 Å². The Morgan fingerprint density at radius 3 is 2.57 bits per heavy atom.